The average Bonchev–Trinajstić information content (AvgIpc) is 2.15. The maximum absolute atomic E-state index is 5.63. The maximum atomic E-state index is 5.63. The molecule has 1 unspecified atom stereocenters. The van der Waals surface area contributed by atoms with Crippen molar-refractivity contribution < 1.29 is 4.74 Å². The number of alkyl halides is 1. The van der Waals surface area contributed by atoms with Gasteiger partial charge in [-0.3, -0.25) is 4.90 Å². The molecule has 72 valence electrons. The van der Waals surface area contributed by atoms with Crippen LogP contribution in [0.15, 0.2) is 0 Å². The zero-order valence-corrected chi connectivity index (χ0v) is 8.52. The Morgan fingerprint density at radius 1 is 1.58 bits per heavy atom. The van der Waals surface area contributed by atoms with Gasteiger partial charge in [0.05, 0.1) is 12.7 Å². The van der Waals surface area contributed by atoms with Crippen molar-refractivity contribution in [2.75, 3.05) is 32.1 Å². The topological polar surface area (TPSA) is 12.5 Å². The van der Waals surface area contributed by atoms with Gasteiger partial charge in [0.15, 0.2) is 0 Å². The third kappa shape index (κ3) is 3.30. The molecular weight excluding hydrogens is 174 g/mol. The zero-order valence-electron chi connectivity index (χ0n) is 7.76. The monoisotopic (exact) mass is 191 g/mol. The third-order valence-electron chi connectivity index (χ3n) is 2.29. The lowest BCUT2D eigenvalue weighted by Gasteiger charge is -2.32. The molecule has 0 spiro atoms. The van der Waals surface area contributed by atoms with Crippen LogP contribution in [-0.2, 0) is 4.74 Å². The molecule has 0 aromatic carbocycles. The zero-order chi connectivity index (χ0) is 8.81. The van der Waals surface area contributed by atoms with Crippen LogP contribution >= 0.6 is 11.6 Å². The summed E-state index contributed by atoms with van der Waals surface area (Å²) in [5.41, 5.74) is 0. The van der Waals surface area contributed by atoms with Crippen LogP contribution in [0.25, 0.3) is 0 Å². The van der Waals surface area contributed by atoms with Crippen molar-refractivity contribution in [3.8, 4) is 0 Å². The Labute approximate surface area is 79.8 Å². The first kappa shape index (κ1) is 10.3. The van der Waals surface area contributed by atoms with Crippen molar-refractivity contribution >= 4 is 11.6 Å². The molecule has 0 bridgehead atoms. The highest BCUT2D eigenvalue weighted by molar-refractivity contribution is 6.17. The van der Waals surface area contributed by atoms with Crippen LogP contribution in [0.3, 0.4) is 0 Å². The summed E-state index contributed by atoms with van der Waals surface area (Å²) in [5.74, 6) is 0.772. The Hall–Kier alpha value is 0.210. The van der Waals surface area contributed by atoms with Crippen molar-refractivity contribution in [3.05, 3.63) is 0 Å². The molecule has 1 aliphatic rings. The number of rotatable bonds is 4. The van der Waals surface area contributed by atoms with Crippen molar-refractivity contribution in [1.29, 1.82) is 0 Å². The van der Waals surface area contributed by atoms with E-state index in [1.54, 1.807) is 0 Å². The van der Waals surface area contributed by atoms with Crippen LogP contribution in [0, 0.1) is 0 Å². The fourth-order valence-corrected chi connectivity index (χ4v) is 1.63. The Kier molecular flexibility index (Phi) is 4.96. The summed E-state index contributed by atoms with van der Waals surface area (Å²) in [6, 6.07) is 0. The normalized spacial score (nSPS) is 26.0. The molecule has 2 nitrogen and oxygen atoms in total. The lowest BCUT2D eigenvalue weighted by molar-refractivity contribution is -0.0293. The predicted molar refractivity (Wildman–Crippen MR) is 51.8 cm³/mol. The van der Waals surface area contributed by atoms with E-state index in [4.69, 9.17) is 16.3 Å². The van der Waals surface area contributed by atoms with E-state index in [9.17, 15) is 0 Å². The van der Waals surface area contributed by atoms with Crippen LogP contribution in [0.4, 0.5) is 0 Å². The number of hydrogen-bond donors (Lipinski definition) is 0. The van der Waals surface area contributed by atoms with E-state index in [2.05, 4.69) is 11.8 Å². The molecule has 0 aromatic rings. The van der Waals surface area contributed by atoms with Crippen LogP contribution in [0.1, 0.15) is 19.8 Å². The molecule has 1 rings (SSSR count). The highest BCUT2D eigenvalue weighted by Crippen LogP contribution is 2.08. The summed E-state index contributed by atoms with van der Waals surface area (Å²) >= 11 is 5.63. The van der Waals surface area contributed by atoms with Gasteiger partial charge in [0.25, 0.3) is 0 Å². The number of ether oxygens (including phenoxy) is 1. The van der Waals surface area contributed by atoms with Gasteiger partial charge < -0.3 is 4.74 Å². The molecular formula is C9H18ClNO. The van der Waals surface area contributed by atoms with Gasteiger partial charge in [-0.2, -0.15) is 0 Å². The first-order valence-corrected chi connectivity index (χ1v) is 5.30. The fourth-order valence-electron chi connectivity index (χ4n) is 1.51. The molecule has 0 radical (unpaired) electrons. The summed E-state index contributed by atoms with van der Waals surface area (Å²) in [7, 11) is 0. The minimum atomic E-state index is 0.453. The van der Waals surface area contributed by atoms with E-state index in [0.29, 0.717) is 6.10 Å². The summed E-state index contributed by atoms with van der Waals surface area (Å²) in [6.07, 6.45) is 2.67. The number of nitrogens with zero attached hydrogens (tertiary/aromatic N) is 1. The quantitative estimate of drug-likeness (QED) is 0.628. The molecule has 1 heterocycles. The molecule has 3 heteroatoms. The minimum Gasteiger partial charge on any atom is -0.376 e. The second-order valence-corrected chi connectivity index (χ2v) is 3.62. The lowest BCUT2D eigenvalue weighted by atomic mass is 10.2. The van der Waals surface area contributed by atoms with Gasteiger partial charge in [0.2, 0.25) is 0 Å². The molecule has 0 amide bonds. The summed E-state index contributed by atoms with van der Waals surface area (Å²) in [5, 5.41) is 0. The van der Waals surface area contributed by atoms with E-state index < -0.39 is 0 Å². The summed E-state index contributed by atoms with van der Waals surface area (Å²) in [6.45, 7) is 6.36. The molecule has 0 saturated carbocycles. The Bertz CT molecular complexity index is 121. The summed E-state index contributed by atoms with van der Waals surface area (Å²) in [4.78, 5) is 2.44. The Balaban J connectivity index is 2.16. The Morgan fingerprint density at radius 3 is 3.08 bits per heavy atom. The van der Waals surface area contributed by atoms with Gasteiger partial charge in [0.1, 0.15) is 0 Å². The van der Waals surface area contributed by atoms with E-state index >= 15 is 0 Å². The molecule has 12 heavy (non-hydrogen) atoms. The molecule has 0 aliphatic carbocycles. The Morgan fingerprint density at radius 2 is 2.42 bits per heavy atom. The molecule has 1 atom stereocenters. The molecule has 1 aliphatic heterocycles. The maximum Gasteiger partial charge on any atom is 0.0700 e. The van der Waals surface area contributed by atoms with Crippen LogP contribution < -0.4 is 0 Å². The first-order chi connectivity index (χ1) is 5.86. The predicted octanol–water partition coefficient (Wildman–Crippen LogP) is 1.73. The third-order valence-corrected chi connectivity index (χ3v) is 2.55. The molecule has 1 fully saturated rings. The summed E-state index contributed by atoms with van der Waals surface area (Å²) < 4.78 is 5.56. The number of morpholine rings is 1. The first-order valence-electron chi connectivity index (χ1n) is 4.76. The standard InChI is InChI=1S/C9H18ClNO/c1-2-9-8-11(5-3-4-10)6-7-12-9/h9H,2-8H2,1H3. The van der Waals surface area contributed by atoms with Gasteiger partial charge in [0, 0.05) is 19.0 Å². The van der Waals surface area contributed by atoms with Crippen molar-refractivity contribution in [2.45, 2.75) is 25.9 Å². The van der Waals surface area contributed by atoms with Crippen molar-refractivity contribution in [2.24, 2.45) is 0 Å². The lowest BCUT2D eigenvalue weighted by Crippen LogP contribution is -2.42. The fraction of sp³-hybridized carbons (Fsp3) is 1.00. The van der Waals surface area contributed by atoms with Gasteiger partial charge in [-0.15, -0.1) is 11.6 Å². The number of halogens is 1. The van der Waals surface area contributed by atoms with E-state index in [1.807, 2.05) is 0 Å². The highest BCUT2D eigenvalue weighted by atomic mass is 35.5. The van der Waals surface area contributed by atoms with Gasteiger partial charge in [-0.25, -0.2) is 0 Å². The van der Waals surface area contributed by atoms with Crippen molar-refractivity contribution in [1.82, 2.24) is 4.90 Å². The van der Waals surface area contributed by atoms with Gasteiger partial charge >= 0.3 is 0 Å². The van der Waals surface area contributed by atoms with Crippen LogP contribution in [0.2, 0.25) is 0 Å². The van der Waals surface area contributed by atoms with Gasteiger partial charge in [-0.05, 0) is 19.4 Å². The number of hydrogen-bond acceptors (Lipinski definition) is 2. The molecule has 0 N–H and O–H groups in total. The van der Waals surface area contributed by atoms with E-state index in [0.717, 1.165) is 45.0 Å². The molecule has 0 aromatic heterocycles. The molecule has 1 saturated heterocycles. The van der Waals surface area contributed by atoms with Crippen LogP contribution in [0.5, 0.6) is 0 Å². The second kappa shape index (κ2) is 5.79. The average molecular weight is 192 g/mol. The van der Waals surface area contributed by atoms with Crippen molar-refractivity contribution in [3.63, 3.8) is 0 Å². The van der Waals surface area contributed by atoms with E-state index in [1.165, 1.54) is 0 Å². The van der Waals surface area contributed by atoms with Crippen LogP contribution in [-0.4, -0.2) is 43.1 Å². The van der Waals surface area contributed by atoms with Gasteiger partial charge in [-0.1, -0.05) is 6.92 Å². The second-order valence-electron chi connectivity index (χ2n) is 3.24. The largest absolute Gasteiger partial charge is 0.376 e. The SMILES string of the molecule is CCC1CN(CCCCl)CCO1. The minimum absolute atomic E-state index is 0.453. The smallest absolute Gasteiger partial charge is 0.0700 e. The van der Waals surface area contributed by atoms with E-state index in [-0.39, 0.29) is 0 Å². The highest BCUT2D eigenvalue weighted by Gasteiger charge is 2.17.